The van der Waals surface area contributed by atoms with E-state index >= 15 is 0 Å². The molecule has 28 heavy (non-hydrogen) atoms. The zero-order valence-corrected chi connectivity index (χ0v) is 15.2. The molecule has 0 amide bonds. The van der Waals surface area contributed by atoms with E-state index in [1.165, 1.54) is 0 Å². The number of pyridine rings is 1. The van der Waals surface area contributed by atoms with Crippen LogP contribution in [0.15, 0.2) is 54.2 Å². The lowest BCUT2D eigenvalue weighted by Gasteiger charge is -2.10. The predicted molar refractivity (Wildman–Crippen MR) is 108 cm³/mol. The first-order chi connectivity index (χ1) is 13.8. The Morgan fingerprint density at radius 3 is 2.86 bits per heavy atom. The van der Waals surface area contributed by atoms with Gasteiger partial charge in [-0.25, -0.2) is 15.2 Å². The number of hydrogen-bond acceptors (Lipinski definition) is 8. The standard InChI is InChI=1S/C18H14N8OS/c27-26-12-2-4-15(19-9-12)23-18-22-14-5-6-28-16(14)17(24-18)21-11-1-3-13-10(7-11)8-20-25-13/h1-9,26-27H,(H,20,25)(H2,19,21,22,23,24)/p+1. The smallest absolute Gasteiger partial charge is 0.231 e. The summed E-state index contributed by atoms with van der Waals surface area (Å²) in [7, 11) is 0. The van der Waals surface area contributed by atoms with Crippen molar-refractivity contribution in [3.63, 3.8) is 0 Å². The summed E-state index contributed by atoms with van der Waals surface area (Å²) in [6.07, 6.45) is 3.35. The number of nitrogens with two attached hydrogens (primary N) is 1. The topological polar surface area (TPSA) is 128 Å². The van der Waals surface area contributed by atoms with E-state index in [4.69, 9.17) is 5.21 Å². The average molecular weight is 391 g/mol. The number of anilines is 4. The van der Waals surface area contributed by atoms with E-state index in [2.05, 4.69) is 35.8 Å². The molecule has 0 atom stereocenters. The van der Waals surface area contributed by atoms with Gasteiger partial charge < -0.3 is 10.6 Å². The number of H-pyrrole nitrogens is 1. The van der Waals surface area contributed by atoms with Gasteiger partial charge in [-0.15, -0.1) is 11.3 Å². The molecule has 5 aromatic rings. The van der Waals surface area contributed by atoms with Crippen LogP contribution in [0.25, 0.3) is 21.1 Å². The summed E-state index contributed by atoms with van der Waals surface area (Å²) in [5.74, 6) is 1.74. The molecule has 0 fully saturated rings. The van der Waals surface area contributed by atoms with Gasteiger partial charge in [0.05, 0.1) is 28.1 Å². The van der Waals surface area contributed by atoms with E-state index < -0.39 is 0 Å². The molecule has 0 saturated carbocycles. The van der Waals surface area contributed by atoms with Crippen molar-refractivity contribution in [2.45, 2.75) is 0 Å². The van der Waals surface area contributed by atoms with Gasteiger partial charge in [0.2, 0.25) is 5.95 Å². The summed E-state index contributed by atoms with van der Waals surface area (Å²) in [6, 6.07) is 11.4. The Morgan fingerprint density at radius 1 is 1.04 bits per heavy atom. The molecular weight excluding hydrogens is 376 g/mol. The minimum Gasteiger partial charge on any atom is -0.339 e. The summed E-state index contributed by atoms with van der Waals surface area (Å²) in [4.78, 5) is 13.4. The first-order valence-corrected chi connectivity index (χ1v) is 9.32. The molecule has 0 spiro atoms. The second kappa shape index (κ2) is 6.85. The first kappa shape index (κ1) is 16.6. The number of aromatic amines is 1. The molecule has 9 nitrogen and oxygen atoms in total. The van der Waals surface area contributed by atoms with Crippen molar-refractivity contribution in [2.24, 2.45) is 0 Å². The van der Waals surface area contributed by atoms with E-state index in [1.807, 2.05) is 29.6 Å². The van der Waals surface area contributed by atoms with E-state index in [0.29, 0.717) is 23.3 Å². The molecule has 0 aliphatic carbocycles. The van der Waals surface area contributed by atoms with E-state index in [1.54, 1.807) is 35.9 Å². The number of benzene rings is 1. The molecule has 6 N–H and O–H groups in total. The van der Waals surface area contributed by atoms with Gasteiger partial charge in [0.1, 0.15) is 5.82 Å². The van der Waals surface area contributed by atoms with Crippen LogP contribution in [-0.2, 0) is 0 Å². The van der Waals surface area contributed by atoms with Crippen molar-refractivity contribution >= 4 is 61.4 Å². The van der Waals surface area contributed by atoms with Crippen LogP contribution in [0.3, 0.4) is 0 Å². The predicted octanol–water partition coefficient (Wildman–Crippen LogP) is 3.03. The van der Waals surface area contributed by atoms with Crippen molar-refractivity contribution in [1.29, 1.82) is 0 Å². The minimum absolute atomic E-state index is 0.436. The lowest BCUT2D eigenvalue weighted by Crippen LogP contribution is -2.73. The molecule has 0 aliphatic heterocycles. The highest BCUT2D eigenvalue weighted by molar-refractivity contribution is 7.17. The number of nitrogens with zero attached hydrogens (tertiary/aromatic N) is 4. The van der Waals surface area contributed by atoms with Crippen molar-refractivity contribution in [3.05, 3.63) is 54.2 Å². The number of thiophene rings is 1. The maximum atomic E-state index is 9.02. The van der Waals surface area contributed by atoms with Crippen LogP contribution in [-0.4, -0.2) is 30.4 Å². The van der Waals surface area contributed by atoms with Crippen LogP contribution in [0.4, 0.5) is 29.0 Å². The Kier molecular flexibility index (Phi) is 4.05. The Hall–Kier alpha value is -3.60. The van der Waals surface area contributed by atoms with Crippen LogP contribution < -0.4 is 16.1 Å². The number of quaternary nitrogens is 1. The Balaban J connectivity index is 1.49. The van der Waals surface area contributed by atoms with Crippen molar-refractivity contribution in [3.8, 4) is 0 Å². The van der Waals surface area contributed by atoms with Gasteiger partial charge in [-0.2, -0.15) is 15.6 Å². The zero-order chi connectivity index (χ0) is 18.9. The fourth-order valence-electron chi connectivity index (χ4n) is 2.83. The molecule has 5 rings (SSSR count). The molecule has 1 aromatic carbocycles. The Bertz CT molecular complexity index is 1260. The van der Waals surface area contributed by atoms with Crippen molar-refractivity contribution < 1.29 is 10.7 Å². The highest BCUT2D eigenvalue weighted by Gasteiger charge is 2.11. The largest absolute Gasteiger partial charge is 0.339 e. The molecule has 0 aliphatic rings. The van der Waals surface area contributed by atoms with E-state index in [-0.39, 0.29) is 0 Å². The summed E-state index contributed by atoms with van der Waals surface area (Å²) in [5, 5.41) is 25.5. The SMILES string of the molecule is O[NH2+]c1ccc(Nc2nc(Nc3ccc4[nH]ncc4c3)c3sccc3n2)nc1. The third-order valence-corrected chi connectivity index (χ3v) is 5.09. The lowest BCUT2D eigenvalue weighted by molar-refractivity contribution is -0.825. The second-order valence-corrected chi connectivity index (χ2v) is 6.97. The maximum Gasteiger partial charge on any atom is 0.231 e. The second-order valence-electron chi connectivity index (χ2n) is 6.06. The van der Waals surface area contributed by atoms with Gasteiger partial charge in [-0.05, 0) is 35.7 Å². The van der Waals surface area contributed by atoms with E-state index in [9.17, 15) is 0 Å². The fourth-order valence-corrected chi connectivity index (χ4v) is 3.61. The molecular formula is C18H15N8OS+. The van der Waals surface area contributed by atoms with Crippen molar-refractivity contribution in [1.82, 2.24) is 25.1 Å². The first-order valence-electron chi connectivity index (χ1n) is 8.44. The quantitative estimate of drug-likeness (QED) is 0.291. The average Bonchev–Trinajstić information content (AvgIpc) is 3.37. The molecule has 0 unspecified atom stereocenters. The van der Waals surface area contributed by atoms with E-state index in [0.717, 1.165) is 32.3 Å². The van der Waals surface area contributed by atoms with Gasteiger partial charge in [0.15, 0.2) is 11.5 Å². The van der Waals surface area contributed by atoms with Gasteiger partial charge >= 0.3 is 0 Å². The molecule has 4 aromatic heterocycles. The highest BCUT2D eigenvalue weighted by Crippen LogP contribution is 2.31. The number of rotatable bonds is 5. The van der Waals surface area contributed by atoms with Gasteiger partial charge in [-0.1, -0.05) is 0 Å². The van der Waals surface area contributed by atoms with Crippen LogP contribution >= 0.6 is 11.3 Å². The third-order valence-electron chi connectivity index (χ3n) is 4.18. The monoisotopic (exact) mass is 391 g/mol. The zero-order valence-electron chi connectivity index (χ0n) is 14.4. The molecule has 4 heterocycles. The van der Waals surface area contributed by atoms with Crippen molar-refractivity contribution in [2.75, 3.05) is 10.6 Å². The highest BCUT2D eigenvalue weighted by atomic mass is 32.1. The Morgan fingerprint density at radius 2 is 2.00 bits per heavy atom. The number of aromatic nitrogens is 5. The molecule has 0 radical (unpaired) electrons. The van der Waals surface area contributed by atoms with Gasteiger partial charge in [0.25, 0.3) is 0 Å². The number of hydrogen-bond donors (Lipinski definition) is 5. The van der Waals surface area contributed by atoms with Crippen LogP contribution in [0.2, 0.25) is 0 Å². The number of fused-ring (bicyclic) bond motifs is 2. The summed E-state index contributed by atoms with van der Waals surface area (Å²) in [5.41, 5.74) is 4.36. The third kappa shape index (κ3) is 3.11. The molecule has 0 bridgehead atoms. The maximum absolute atomic E-state index is 9.02. The molecule has 0 saturated heterocycles. The fraction of sp³-hybridized carbons (Fsp3) is 0. The summed E-state index contributed by atoms with van der Waals surface area (Å²) >= 11 is 1.58. The minimum atomic E-state index is 0.436. The summed E-state index contributed by atoms with van der Waals surface area (Å²) < 4.78 is 0.969. The molecule has 10 heteroatoms. The number of nitrogens with one attached hydrogen (secondary N) is 3. The van der Waals surface area contributed by atoms with Gasteiger partial charge in [0, 0.05) is 17.1 Å². The van der Waals surface area contributed by atoms with Crippen LogP contribution in [0.5, 0.6) is 0 Å². The van der Waals surface area contributed by atoms with Crippen LogP contribution in [0.1, 0.15) is 0 Å². The van der Waals surface area contributed by atoms with Gasteiger partial charge in [-0.3, -0.25) is 5.10 Å². The Labute approximate surface area is 162 Å². The lowest BCUT2D eigenvalue weighted by atomic mass is 10.2. The van der Waals surface area contributed by atoms with Crippen LogP contribution in [0, 0.1) is 0 Å². The molecule has 138 valence electrons. The normalized spacial score (nSPS) is 11.2. The summed E-state index contributed by atoms with van der Waals surface area (Å²) in [6.45, 7) is 0.